The van der Waals surface area contributed by atoms with E-state index in [1.54, 1.807) is 0 Å². The molecule has 1 heteroatoms. The summed E-state index contributed by atoms with van der Waals surface area (Å²) < 4.78 is 0. The standard InChI is InChI=1S/C14H25N/c1-9-2-4-10(5-3-9)14(15)13-7-11-6-12(11)8-13/h9-14H,2-8,15H2,1H3. The van der Waals surface area contributed by atoms with Crippen molar-refractivity contribution in [3.63, 3.8) is 0 Å². The molecule has 0 aromatic rings. The molecule has 0 bridgehead atoms. The monoisotopic (exact) mass is 207 g/mol. The lowest BCUT2D eigenvalue weighted by Crippen LogP contribution is -2.38. The highest BCUT2D eigenvalue weighted by atomic mass is 14.7. The van der Waals surface area contributed by atoms with Crippen LogP contribution in [0.25, 0.3) is 0 Å². The zero-order valence-electron chi connectivity index (χ0n) is 9.99. The van der Waals surface area contributed by atoms with Crippen molar-refractivity contribution in [1.82, 2.24) is 0 Å². The number of fused-ring (bicyclic) bond motifs is 1. The Kier molecular flexibility index (Phi) is 2.54. The van der Waals surface area contributed by atoms with Crippen LogP contribution < -0.4 is 5.73 Å². The van der Waals surface area contributed by atoms with E-state index in [1.807, 2.05) is 0 Å². The molecule has 3 saturated carbocycles. The number of nitrogens with two attached hydrogens (primary N) is 1. The zero-order valence-corrected chi connectivity index (χ0v) is 9.99. The maximum atomic E-state index is 6.48. The van der Waals surface area contributed by atoms with Gasteiger partial charge in [-0.3, -0.25) is 0 Å². The van der Waals surface area contributed by atoms with Crippen molar-refractivity contribution >= 4 is 0 Å². The quantitative estimate of drug-likeness (QED) is 0.739. The predicted molar refractivity (Wildman–Crippen MR) is 63.4 cm³/mol. The van der Waals surface area contributed by atoms with Crippen molar-refractivity contribution in [2.24, 2.45) is 35.3 Å². The van der Waals surface area contributed by atoms with E-state index in [9.17, 15) is 0 Å². The van der Waals surface area contributed by atoms with E-state index in [2.05, 4.69) is 6.92 Å². The third-order valence-electron chi connectivity index (χ3n) is 5.43. The molecule has 0 radical (unpaired) electrons. The Bertz CT molecular complexity index is 219. The lowest BCUT2D eigenvalue weighted by atomic mass is 9.75. The van der Waals surface area contributed by atoms with Gasteiger partial charge < -0.3 is 5.73 Å². The van der Waals surface area contributed by atoms with Gasteiger partial charge in [-0.1, -0.05) is 19.8 Å². The highest BCUT2D eigenvalue weighted by molar-refractivity contribution is 5.00. The fraction of sp³-hybridized carbons (Fsp3) is 1.00. The minimum absolute atomic E-state index is 0.547. The van der Waals surface area contributed by atoms with Crippen LogP contribution in [-0.4, -0.2) is 6.04 Å². The molecule has 0 heterocycles. The number of rotatable bonds is 2. The molecule has 0 amide bonds. The van der Waals surface area contributed by atoms with Crippen molar-refractivity contribution in [2.75, 3.05) is 0 Å². The molecular formula is C14H25N. The minimum atomic E-state index is 0.547. The zero-order chi connectivity index (χ0) is 10.4. The van der Waals surface area contributed by atoms with Crippen molar-refractivity contribution in [2.45, 2.75) is 57.9 Å². The topological polar surface area (TPSA) is 26.0 Å². The van der Waals surface area contributed by atoms with E-state index in [1.165, 1.54) is 44.9 Å². The summed E-state index contributed by atoms with van der Waals surface area (Å²) in [5, 5.41) is 0. The van der Waals surface area contributed by atoms with Crippen LogP contribution in [0.2, 0.25) is 0 Å². The molecule has 3 aliphatic rings. The van der Waals surface area contributed by atoms with Gasteiger partial charge in [-0.25, -0.2) is 0 Å². The average Bonchev–Trinajstić information content (AvgIpc) is 2.86. The van der Waals surface area contributed by atoms with E-state index in [0.717, 1.165) is 29.6 Å². The average molecular weight is 207 g/mol. The minimum Gasteiger partial charge on any atom is -0.327 e. The van der Waals surface area contributed by atoms with Crippen LogP contribution in [-0.2, 0) is 0 Å². The SMILES string of the molecule is CC1CCC(C(N)C2CC3CC3C2)CC1. The molecule has 86 valence electrons. The van der Waals surface area contributed by atoms with Crippen LogP contribution in [0, 0.1) is 29.6 Å². The molecule has 2 N–H and O–H groups in total. The van der Waals surface area contributed by atoms with E-state index in [4.69, 9.17) is 5.73 Å². The Balaban J connectivity index is 1.53. The summed E-state index contributed by atoms with van der Waals surface area (Å²) in [6, 6.07) is 0.547. The lowest BCUT2D eigenvalue weighted by molar-refractivity contribution is 0.207. The Morgan fingerprint density at radius 1 is 0.867 bits per heavy atom. The second kappa shape index (κ2) is 3.76. The molecular weight excluding hydrogens is 182 g/mol. The maximum absolute atomic E-state index is 6.48. The van der Waals surface area contributed by atoms with Crippen LogP contribution in [0.5, 0.6) is 0 Å². The molecule has 0 spiro atoms. The van der Waals surface area contributed by atoms with Crippen LogP contribution in [0.15, 0.2) is 0 Å². The van der Waals surface area contributed by atoms with Crippen molar-refractivity contribution < 1.29 is 0 Å². The van der Waals surface area contributed by atoms with Gasteiger partial charge >= 0.3 is 0 Å². The van der Waals surface area contributed by atoms with E-state index < -0.39 is 0 Å². The first-order valence-corrected chi connectivity index (χ1v) is 6.99. The molecule has 3 unspecified atom stereocenters. The number of hydrogen-bond donors (Lipinski definition) is 1. The first-order valence-electron chi connectivity index (χ1n) is 6.99. The Hall–Kier alpha value is -0.0400. The highest BCUT2D eigenvalue weighted by Crippen LogP contribution is 2.55. The van der Waals surface area contributed by atoms with E-state index in [-0.39, 0.29) is 0 Å². The summed E-state index contributed by atoms with van der Waals surface area (Å²) >= 11 is 0. The van der Waals surface area contributed by atoms with Crippen molar-refractivity contribution in [3.05, 3.63) is 0 Å². The van der Waals surface area contributed by atoms with Gasteiger partial charge in [-0.2, -0.15) is 0 Å². The molecule has 3 aliphatic carbocycles. The summed E-state index contributed by atoms with van der Waals surface area (Å²) in [7, 11) is 0. The molecule has 0 saturated heterocycles. The lowest BCUT2D eigenvalue weighted by Gasteiger charge is -2.34. The van der Waals surface area contributed by atoms with Crippen LogP contribution in [0.4, 0.5) is 0 Å². The third kappa shape index (κ3) is 1.95. The van der Waals surface area contributed by atoms with Crippen LogP contribution in [0.1, 0.15) is 51.9 Å². The third-order valence-corrected chi connectivity index (χ3v) is 5.43. The highest BCUT2D eigenvalue weighted by Gasteiger charge is 2.48. The number of hydrogen-bond acceptors (Lipinski definition) is 1. The smallest absolute Gasteiger partial charge is 0.00958 e. The molecule has 1 nitrogen and oxygen atoms in total. The van der Waals surface area contributed by atoms with Gasteiger partial charge in [-0.05, 0) is 61.7 Å². The molecule has 0 aromatic carbocycles. The second-order valence-electron chi connectivity index (χ2n) is 6.58. The van der Waals surface area contributed by atoms with Gasteiger partial charge in [-0.15, -0.1) is 0 Å². The molecule has 0 aliphatic heterocycles. The summed E-state index contributed by atoms with van der Waals surface area (Å²) in [5.41, 5.74) is 6.48. The normalized spacial score (nSPS) is 51.2. The van der Waals surface area contributed by atoms with E-state index in [0.29, 0.717) is 6.04 Å². The molecule has 3 fully saturated rings. The summed E-state index contributed by atoms with van der Waals surface area (Å²) in [6.07, 6.45) is 10.2. The molecule has 15 heavy (non-hydrogen) atoms. The molecule has 0 aromatic heterocycles. The van der Waals surface area contributed by atoms with Crippen LogP contribution >= 0.6 is 0 Å². The van der Waals surface area contributed by atoms with Gasteiger partial charge in [0.05, 0.1) is 0 Å². The summed E-state index contributed by atoms with van der Waals surface area (Å²) in [4.78, 5) is 0. The summed E-state index contributed by atoms with van der Waals surface area (Å²) in [6.45, 7) is 2.40. The maximum Gasteiger partial charge on any atom is 0.00958 e. The Morgan fingerprint density at radius 2 is 1.47 bits per heavy atom. The summed E-state index contributed by atoms with van der Waals surface area (Å²) in [5.74, 6) is 4.92. The molecule has 3 atom stereocenters. The van der Waals surface area contributed by atoms with E-state index >= 15 is 0 Å². The van der Waals surface area contributed by atoms with Gasteiger partial charge in [0, 0.05) is 6.04 Å². The van der Waals surface area contributed by atoms with Crippen molar-refractivity contribution in [3.8, 4) is 0 Å². The van der Waals surface area contributed by atoms with Crippen molar-refractivity contribution in [1.29, 1.82) is 0 Å². The van der Waals surface area contributed by atoms with Gasteiger partial charge in [0.2, 0.25) is 0 Å². The fourth-order valence-corrected chi connectivity index (χ4v) is 4.13. The van der Waals surface area contributed by atoms with Gasteiger partial charge in [0.25, 0.3) is 0 Å². The van der Waals surface area contributed by atoms with Crippen LogP contribution in [0.3, 0.4) is 0 Å². The van der Waals surface area contributed by atoms with Gasteiger partial charge in [0.1, 0.15) is 0 Å². The van der Waals surface area contributed by atoms with Gasteiger partial charge in [0.15, 0.2) is 0 Å². The first-order chi connectivity index (χ1) is 7.24. The molecule has 3 rings (SSSR count). The predicted octanol–water partition coefficient (Wildman–Crippen LogP) is 3.19. The Labute approximate surface area is 93.8 Å². The fourth-order valence-electron chi connectivity index (χ4n) is 4.13. The Morgan fingerprint density at radius 3 is 2.07 bits per heavy atom. The largest absolute Gasteiger partial charge is 0.327 e. The first kappa shape index (κ1) is 10.1. The second-order valence-corrected chi connectivity index (χ2v) is 6.58.